The minimum Gasteiger partial charge on any atom is -0.376 e. The quantitative estimate of drug-likeness (QED) is 0.421. The van der Waals surface area contributed by atoms with Crippen LogP contribution in [-0.4, -0.2) is 28.7 Å². The van der Waals surface area contributed by atoms with Crippen molar-refractivity contribution in [2.75, 3.05) is 10.6 Å². The molecular weight excluding hydrogens is 302 g/mol. The third-order valence-electron chi connectivity index (χ3n) is 3.23. The lowest BCUT2D eigenvalue weighted by atomic mass is 10.0. The molecule has 0 saturated heterocycles. The van der Waals surface area contributed by atoms with Gasteiger partial charge in [0, 0.05) is 30.6 Å². The normalized spacial score (nSPS) is 11.7. The molecule has 1 atom stereocenters. The summed E-state index contributed by atoms with van der Waals surface area (Å²) in [4.78, 5) is 16.1. The third-order valence-corrected chi connectivity index (χ3v) is 3.23. The summed E-state index contributed by atoms with van der Waals surface area (Å²) in [6.07, 6.45) is 7.54. The van der Waals surface area contributed by atoms with Crippen molar-refractivity contribution in [3.8, 4) is 0 Å². The second-order valence-electron chi connectivity index (χ2n) is 5.00. The van der Waals surface area contributed by atoms with Crippen molar-refractivity contribution >= 4 is 29.1 Å². The summed E-state index contributed by atoms with van der Waals surface area (Å²) < 4.78 is 0. The molecule has 1 heterocycles. The van der Waals surface area contributed by atoms with Crippen molar-refractivity contribution in [2.24, 2.45) is 0 Å². The molecule has 0 radical (unpaired) electrons. The number of nitrogens with one attached hydrogen (secondary N) is 4. The third kappa shape index (κ3) is 5.17. The maximum absolute atomic E-state index is 12.2. The lowest BCUT2D eigenvalue weighted by Crippen LogP contribution is -2.34. The summed E-state index contributed by atoms with van der Waals surface area (Å²) in [5, 5.41) is 21.4. The van der Waals surface area contributed by atoms with Gasteiger partial charge in [-0.15, -0.1) is 0 Å². The summed E-state index contributed by atoms with van der Waals surface area (Å²) in [5.41, 5.74) is 1.47. The minimum atomic E-state index is -0.541. The van der Waals surface area contributed by atoms with Gasteiger partial charge in [0.1, 0.15) is 5.71 Å². The van der Waals surface area contributed by atoms with Gasteiger partial charge in [0.2, 0.25) is 5.78 Å². The summed E-state index contributed by atoms with van der Waals surface area (Å²) in [5.74, 6) is -0.415. The standard InChI is InChI=1S/C18H19N5O/c19-10-8-16(23-14-5-2-1-3-6-14)18(20)17(24)9-12-22-15-7-4-11-21-13-15/h1-7,9-13,16,19-20,22-23H,8H2/b12-9-,19-10?,20-18?. The van der Waals surface area contributed by atoms with Gasteiger partial charge in [0.05, 0.1) is 17.9 Å². The van der Waals surface area contributed by atoms with Gasteiger partial charge in [-0.25, -0.2) is 0 Å². The van der Waals surface area contributed by atoms with Crippen LogP contribution in [0.3, 0.4) is 0 Å². The molecule has 2 aromatic rings. The van der Waals surface area contributed by atoms with Crippen LogP contribution in [0, 0.1) is 10.8 Å². The molecule has 0 spiro atoms. The van der Waals surface area contributed by atoms with Gasteiger partial charge in [-0.05, 0) is 30.5 Å². The van der Waals surface area contributed by atoms with Crippen LogP contribution in [0.4, 0.5) is 11.4 Å². The molecule has 24 heavy (non-hydrogen) atoms. The van der Waals surface area contributed by atoms with E-state index < -0.39 is 11.8 Å². The zero-order chi connectivity index (χ0) is 17.2. The van der Waals surface area contributed by atoms with Crippen LogP contribution >= 0.6 is 0 Å². The van der Waals surface area contributed by atoms with Crippen molar-refractivity contribution in [3.05, 3.63) is 67.1 Å². The lowest BCUT2D eigenvalue weighted by molar-refractivity contribution is -0.109. The van der Waals surface area contributed by atoms with E-state index in [2.05, 4.69) is 15.6 Å². The van der Waals surface area contributed by atoms with Crippen LogP contribution in [0.1, 0.15) is 6.42 Å². The summed E-state index contributed by atoms with van der Waals surface area (Å²) in [6, 6.07) is 12.4. The number of hydrogen-bond donors (Lipinski definition) is 4. The highest BCUT2D eigenvalue weighted by molar-refractivity contribution is 6.45. The first-order valence-electron chi connectivity index (χ1n) is 7.47. The molecule has 1 aromatic heterocycles. The predicted molar refractivity (Wildman–Crippen MR) is 97.0 cm³/mol. The molecule has 1 aromatic carbocycles. The maximum atomic E-state index is 12.2. The number of benzene rings is 1. The zero-order valence-electron chi connectivity index (χ0n) is 13.1. The molecule has 0 aliphatic carbocycles. The second kappa shape index (κ2) is 8.99. The average Bonchev–Trinajstić information content (AvgIpc) is 2.62. The fourth-order valence-electron chi connectivity index (χ4n) is 2.03. The number of carbonyl (C=O) groups is 1. The van der Waals surface area contributed by atoms with Crippen molar-refractivity contribution in [1.82, 2.24) is 4.98 Å². The first kappa shape index (κ1) is 17.1. The summed E-state index contributed by atoms with van der Waals surface area (Å²) in [7, 11) is 0. The molecule has 4 N–H and O–H groups in total. The highest BCUT2D eigenvalue weighted by Gasteiger charge is 2.18. The van der Waals surface area contributed by atoms with E-state index in [0.717, 1.165) is 11.4 Å². The monoisotopic (exact) mass is 321 g/mol. The second-order valence-corrected chi connectivity index (χ2v) is 5.00. The Bertz CT molecular complexity index is 713. The van der Waals surface area contributed by atoms with Crippen molar-refractivity contribution in [2.45, 2.75) is 12.5 Å². The van der Waals surface area contributed by atoms with E-state index in [1.54, 1.807) is 18.5 Å². The molecule has 122 valence electrons. The molecule has 0 amide bonds. The van der Waals surface area contributed by atoms with Gasteiger partial charge >= 0.3 is 0 Å². The topological polar surface area (TPSA) is 102 Å². The molecule has 0 bridgehead atoms. The Labute approximate surface area is 140 Å². The number of rotatable bonds is 9. The number of allylic oxidation sites excluding steroid dienone is 1. The van der Waals surface area contributed by atoms with Gasteiger partial charge in [-0.2, -0.15) is 0 Å². The van der Waals surface area contributed by atoms with E-state index in [-0.39, 0.29) is 12.1 Å². The fraction of sp³-hybridized carbons (Fsp3) is 0.111. The Balaban J connectivity index is 1.97. The predicted octanol–water partition coefficient (Wildman–Crippen LogP) is 3.12. The summed E-state index contributed by atoms with van der Waals surface area (Å²) >= 11 is 0. The molecular formula is C18H19N5O. The van der Waals surface area contributed by atoms with E-state index in [4.69, 9.17) is 10.8 Å². The smallest absolute Gasteiger partial charge is 0.202 e. The molecule has 0 saturated carbocycles. The number of aromatic nitrogens is 1. The Kier molecular flexibility index (Phi) is 6.40. The van der Waals surface area contributed by atoms with E-state index in [1.807, 2.05) is 36.4 Å². The summed E-state index contributed by atoms with van der Waals surface area (Å²) in [6.45, 7) is 0. The first-order chi connectivity index (χ1) is 11.7. The van der Waals surface area contributed by atoms with Crippen molar-refractivity contribution < 1.29 is 4.79 Å². The van der Waals surface area contributed by atoms with Gasteiger partial charge in [0.15, 0.2) is 0 Å². The van der Waals surface area contributed by atoms with Crippen LogP contribution in [-0.2, 0) is 4.79 Å². The highest BCUT2D eigenvalue weighted by Crippen LogP contribution is 2.10. The number of carbonyl (C=O) groups excluding carboxylic acids is 1. The molecule has 2 rings (SSSR count). The SMILES string of the molecule is N=CCC(Nc1ccccc1)C(=N)C(=O)/C=C\Nc1cccnc1. The van der Waals surface area contributed by atoms with Crippen LogP contribution < -0.4 is 10.6 Å². The molecule has 6 heteroatoms. The Morgan fingerprint density at radius 1 is 1.17 bits per heavy atom. The van der Waals surface area contributed by atoms with E-state index in [0.29, 0.717) is 0 Å². The molecule has 0 aliphatic heterocycles. The minimum absolute atomic E-state index is 0.0911. The van der Waals surface area contributed by atoms with Gasteiger partial charge in [0.25, 0.3) is 0 Å². The van der Waals surface area contributed by atoms with Gasteiger partial charge in [-0.1, -0.05) is 18.2 Å². The number of nitrogens with zero attached hydrogens (tertiary/aromatic N) is 1. The number of para-hydroxylation sites is 1. The number of hydrogen-bond acceptors (Lipinski definition) is 6. The molecule has 0 fully saturated rings. The van der Waals surface area contributed by atoms with Crippen LogP contribution in [0.2, 0.25) is 0 Å². The van der Waals surface area contributed by atoms with Gasteiger partial charge in [-0.3, -0.25) is 15.2 Å². The van der Waals surface area contributed by atoms with Gasteiger partial charge < -0.3 is 16.0 Å². The van der Waals surface area contributed by atoms with Crippen molar-refractivity contribution in [3.63, 3.8) is 0 Å². The van der Waals surface area contributed by atoms with Crippen LogP contribution in [0.5, 0.6) is 0 Å². The van der Waals surface area contributed by atoms with Crippen LogP contribution in [0.15, 0.2) is 67.1 Å². The fourth-order valence-corrected chi connectivity index (χ4v) is 2.03. The molecule has 0 aliphatic rings. The molecule has 1 unspecified atom stereocenters. The van der Waals surface area contributed by atoms with E-state index in [9.17, 15) is 4.79 Å². The average molecular weight is 321 g/mol. The van der Waals surface area contributed by atoms with E-state index in [1.165, 1.54) is 18.5 Å². The lowest BCUT2D eigenvalue weighted by Gasteiger charge is -2.17. The largest absolute Gasteiger partial charge is 0.376 e. The number of anilines is 2. The highest BCUT2D eigenvalue weighted by atomic mass is 16.1. The number of ketones is 1. The Morgan fingerprint density at radius 2 is 1.92 bits per heavy atom. The Morgan fingerprint density at radius 3 is 2.58 bits per heavy atom. The zero-order valence-corrected chi connectivity index (χ0v) is 13.1. The number of pyridine rings is 1. The molecule has 6 nitrogen and oxygen atoms in total. The van der Waals surface area contributed by atoms with Crippen molar-refractivity contribution in [1.29, 1.82) is 10.8 Å². The van der Waals surface area contributed by atoms with E-state index >= 15 is 0 Å². The first-order valence-corrected chi connectivity index (χ1v) is 7.47. The maximum Gasteiger partial charge on any atom is 0.202 e. The Hall–Kier alpha value is -3.28. The van der Waals surface area contributed by atoms with Crippen LogP contribution in [0.25, 0.3) is 0 Å².